The summed E-state index contributed by atoms with van der Waals surface area (Å²) in [6.45, 7) is 1.69. The lowest BCUT2D eigenvalue weighted by Crippen LogP contribution is -2.14. The molecule has 0 atom stereocenters. The van der Waals surface area contributed by atoms with Gasteiger partial charge in [0.05, 0.1) is 27.7 Å². The van der Waals surface area contributed by atoms with E-state index in [1.54, 1.807) is 43.3 Å². The van der Waals surface area contributed by atoms with Gasteiger partial charge in [-0.3, -0.25) is 9.89 Å². The van der Waals surface area contributed by atoms with Gasteiger partial charge in [0.25, 0.3) is 5.56 Å². The number of carbonyl (C=O) groups is 1. The number of rotatable bonds is 4. The van der Waals surface area contributed by atoms with Gasteiger partial charge in [0.1, 0.15) is 0 Å². The van der Waals surface area contributed by atoms with Gasteiger partial charge in [0.2, 0.25) is 0 Å². The molecule has 0 saturated carbocycles. The van der Waals surface area contributed by atoms with Crippen LogP contribution in [0.2, 0.25) is 5.02 Å². The minimum absolute atomic E-state index is 0.0933. The highest BCUT2D eigenvalue weighted by molar-refractivity contribution is 6.32. The molecule has 1 aromatic heterocycles. The minimum atomic E-state index is -1.06. The zero-order valence-corrected chi connectivity index (χ0v) is 13.9. The van der Waals surface area contributed by atoms with Crippen molar-refractivity contribution in [1.82, 2.24) is 9.78 Å². The quantitative estimate of drug-likeness (QED) is 0.683. The summed E-state index contributed by atoms with van der Waals surface area (Å²) >= 11 is 6.12. The number of nitrogens with one attached hydrogen (secondary N) is 1. The van der Waals surface area contributed by atoms with Gasteiger partial charge >= 0.3 is 5.97 Å². The fraction of sp³-hybridized carbons (Fsp3) is 0.0588. The number of hydrogen-bond acceptors (Lipinski definition) is 4. The SMILES string of the molecule is Cc1[nH]n(-c2ccccc2Cl)c(=O)c1N=Nc1cccc(C(=O)O)c1. The lowest BCUT2D eigenvalue weighted by molar-refractivity contribution is 0.0697. The highest BCUT2D eigenvalue weighted by Crippen LogP contribution is 2.22. The second-order valence-corrected chi connectivity index (χ2v) is 5.64. The van der Waals surface area contributed by atoms with E-state index < -0.39 is 11.5 Å². The van der Waals surface area contributed by atoms with E-state index in [1.165, 1.54) is 16.8 Å². The van der Waals surface area contributed by atoms with Gasteiger partial charge in [0.15, 0.2) is 5.69 Å². The van der Waals surface area contributed by atoms with E-state index in [0.29, 0.717) is 22.1 Å². The number of aromatic carboxylic acids is 1. The van der Waals surface area contributed by atoms with Crippen LogP contribution in [-0.2, 0) is 0 Å². The molecule has 2 N–H and O–H groups in total. The lowest BCUT2D eigenvalue weighted by atomic mass is 10.2. The van der Waals surface area contributed by atoms with Crippen molar-refractivity contribution in [2.45, 2.75) is 6.92 Å². The molecule has 7 nitrogen and oxygen atoms in total. The van der Waals surface area contributed by atoms with Crippen LogP contribution in [0.25, 0.3) is 5.69 Å². The highest BCUT2D eigenvalue weighted by atomic mass is 35.5. The summed E-state index contributed by atoms with van der Waals surface area (Å²) in [7, 11) is 0. The lowest BCUT2D eigenvalue weighted by Gasteiger charge is -2.02. The van der Waals surface area contributed by atoms with E-state index in [2.05, 4.69) is 15.3 Å². The summed E-state index contributed by atoms with van der Waals surface area (Å²) in [5.74, 6) is -1.06. The number of aromatic amines is 1. The predicted molar refractivity (Wildman–Crippen MR) is 93.7 cm³/mol. The maximum absolute atomic E-state index is 12.6. The number of aromatic nitrogens is 2. The maximum Gasteiger partial charge on any atom is 0.335 e. The molecule has 0 amide bonds. The molecule has 0 bridgehead atoms. The van der Waals surface area contributed by atoms with Crippen molar-refractivity contribution in [2.75, 3.05) is 0 Å². The first kappa shape index (κ1) is 16.7. The molecule has 1 heterocycles. The van der Waals surface area contributed by atoms with Crippen LogP contribution in [0.3, 0.4) is 0 Å². The number of halogens is 1. The maximum atomic E-state index is 12.6. The van der Waals surface area contributed by atoms with Crippen molar-refractivity contribution in [3.05, 3.63) is 75.2 Å². The molecule has 0 aliphatic carbocycles. The minimum Gasteiger partial charge on any atom is -0.478 e. The zero-order chi connectivity index (χ0) is 18.0. The van der Waals surface area contributed by atoms with Gasteiger partial charge in [-0.1, -0.05) is 29.8 Å². The van der Waals surface area contributed by atoms with Crippen LogP contribution < -0.4 is 5.56 Å². The normalized spacial score (nSPS) is 11.1. The molecule has 0 radical (unpaired) electrons. The third kappa shape index (κ3) is 3.36. The van der Waals surface area contributed by atoms with Crippen LogP contribution in [0.1, 0.15) is 16.1 Å². The Morgan fingerprint density at radius 2 is 1.92 bits per heavy atom. The monoisotopic (exact) mass is 356 g/mol. The number of nitrogens with zero attached hydrogens (tertiary/aromatic N) is 3. The molecule has 0 aliphatic heterocycles. The van der Waals surface area contributed by atoms with E-state index >= 15 is 0 Å². The summed E-state index contributed by atoms with van der Waals surface area (Å²) in [6.07, 6.45) is 0. The highest BCUT2D eigenvalue weighted by Gasteiger charge is 2.14. The van der Waals surface area contributed by atoms with Gasteiger partial charge in [-0.15, -0.1) is 5.11 Å². The van der Waals surface area contributed by atoms with E-state index in [0.717, 1.165) is 0 Å². The molecule has 0 fully saturated rings. The molecule has 0 saturated heterocycles. The molecule has 2 aromatic carbocycles. The Kier molecular flexibility index (Phi) is 4.49. The summed E-state index contributed by atoms with van der Waals surface area (Å²) in [6, 6.07) is 12.9. The van der Waals surface area contributed by atoms with Crippen LogP contribution in [0.4, 0.5) is 11.4 Å². The molecular formula is C17H13ClN4O3. The third-order valence-electron chi connectivity index (χ3n) is 3.49. The average molecular weight is 357 g/mol. The Labute approximate surface area is 147 Å². The Balaban J connectivity index is 2.00. The fourth-order valence-electron chi connectivity index (χ4n) is 2.27. The van der Waals surface area contributed by atoms with Gasteiger partial charge < -0.3 is 5.11 Å². The summed E-state index contributed by atoms with van der Waals surface area (Å²) < 4.78 is 1.29. The van der Waals surface area contributed by atoms with E-state index in [-0.39, 0.29) is 11.3 Å². The number of carboxylic acids is 1. The van der Waals surface area contributed by atoms with Gasteiger partial charge in [-0.05, 0) is 37.3 Å². The topological polar surface area (TPSA) is 99.8 Å². The summed E-state index contributed by atoms with van der Waals surface area (Å²) in [5, 5.41) is 20.3. The van der Waals surface area contributed by atoms with Gasteiger partial charge in [-0.2, -0.15) is 5.11 Å². The largest absolute Gasteiger partial charge is 0.478 e. The molecule has 0 unspecified atom stereocenters. The number of para-hydroxylation sites is 1. The van der Waals surface area contributed by atoms with Crippen molar-refractivity contribution >= 4 is 28.9 Å². The number of aryl methyl sites for hydroxylation is 1. The number of azo groups is 1. The number of H-pyrrole nitrogens is 1. The fourth-order valence-corrected chi connectivity index (χ4v) is 2.49. The molecule has 0 spiro atoms. The molecule has 126 valence electrons. The van der Waals surface area contributed by atoms with Crippen molar-refractivity contribution in [3.63, 3.8) is 0 Å². The molecule has 0 aliphatic rings. The van der Waals surface area contributed by atoms with Crippen molar-refractivity contribution < 1.29 is 9.90 Å². The van der Waals surface area contributed by atoms with Crippen molar-refractivity contribution in [2.24, 2.45) is 10.2 Å². The zero-order valence-electron chi connectivity index (χ0n) is 13.1. The Morgan fingerprint density at radius 1 is 1.16 bits per heavy atom. The molecule has 3 aromatic rings. The molecule has 8 heteroatoms. The first-order valence-corrected chi connectivity index (χ1v) is 7.67. The Morgan fingerprint density at radius 3 is 2.64 bits per heavy atom. The predicted octanol–water partition coefficient (Wildman–Crippen LogP) is 4.24. The van der Waals surface area contributed by atoms with Crippen LogP contribution in [-0.4, -0.2) is 20.9 Å². The second-order valence-electron chi connectivity index (χ2n) is 5.23. The van der Waals surface area contributed by atoms with Gasteiger partial charge in [0, 0.05) is 0 Å². The number of hydrogen-bond donors (Lipinski definition) is 2. The summed E-state index contributed by atoms with van der Waals surface area (Å²) in [5.41, 5.74) is 1.18. The molecule has 3 rings (SSSR count). The van der Waals surface area contributed by atoms with E-state index in [1.807, 2.05) is 0 Å². The first-order chi connectivity index (χ1) is 12.0. The Bertz CT molecular complexity index is 1040. The van der Waals surface area contributed by atoms with Gasteiger partial charge in [-0.25, -0.2) is 9.48 Å². The van der Waals surface area contributed by atoms with Crippen molar-refractivity contribution in [1.29, 1.82) is 0 Å². The standard InChI is InChI=1S/C17H13ClN4O3/c1-10-15(20-19-12-6-4-5-11(9-12)17(24)25)16(23)22(21-10)14-8-3-2-7-13(14)18/h2-9,21H,1H3,(H,24,25). The van der Waals surface area contributed by atoms with Crippen LogP contribution in [0, 0.1) is 6.92 Å². The molecular weight excluding hydrogens is 344 g/mol. The third-order valence-corrected chi connectivity index (χ3v) is 3.81. The van der Waals surface area contributed by atoms with Crippen LogP contribution in [0.5, 0.6) is 0 Å². The van der Waals surface area contributed by atoms with Crippen LogP contribution in [0.15, 0.2) is 63.6 Å². The smallest absolute Gasteiger partial charge is 0.335 e. The average Bonchev–Trinajstić information content (AvgIpc) is 2.88. The van der Waals surface area contributed by atoms with Crippen molar-refractivity contribution in [3.8, 4) is 5.69 Å². The first-order valence-electron chi connectivity index (χ1n) is 7.29. The number of benzene rings is 2. The summed E-state index contributed by atoms with van der Waals surface area (Å²) in [4.78, 5) is 23.5. The number of carboxylic acid groups (broad SMARTS) is 1. The second kappa shape index (κ2) is 6.74. The Hall–Kier alpha value is -3.19. The van der Waals surface area contributed by atoms with Crippen LogP contribution >= 0.6 is 11.6 Å². The van der Waals surface area contributed by atoms with E-state index in [4.69, 9.17) is 16.7 Å². The van der Waals surface area contributed by atoms with E-state index in [9.17, 15) is 9.59 Å². The molecule has 25 heavy (non-hydrogen) atoms.